The van der Waals surface area contributed by atoms with E-state index in [0.29, 0.717) is 12.1 Å². The highest BCUT2D eigenvalue weighted by Crippen LogP contribution is 2.26. The zero-order valence-electron chi connectivity index (χ0n) is 15.0. The van der Waals surface area contributed by atoms with E-state index in [1.807, 2.05) is 0 Å². The van der Waals surface area contributed by atoms with E-state index in [9.17, 15) is 33.3 Å². The van der Waals surface area contributed by atoms with Crippen LogP contribution in [-0.2, 0) is 9.53 Å². The van der Waals surface area contributed by atoms with Gasteiger partial charge in [-0.15, -0.1) is 0 Å². The lowest BCUT2D eigenvalue weighted by Crippen LogP contribution is -2.48. The average Bonchev–Trinajstić information content (AvgIpc) is 2.54. The molecule has 0 aromatic heterocycles. The molecule has 1 unspecified atom stereocenters. The summed E-state index contributed by atoms with van der Waals surface area (Å²) in [6.07, 6.45) is -0.879. The lowest BCUT2D eigenvalue weighted by atomic mass is 9.88. The largest absolute Gasteiger partial charge is 0.444 e. The first-order valence-corrected chi connectivity index (χ1v) is 8.09. The number of Topliss-reactive ketones (excluding diaryl/α,β-unsaturated/α-hetero) is 2. The van der Waals surface area contributed by atoms with Crippen molar-refractivity contribution >= 4 is 23.3 Å². The van der Waals surface area contributed by atoms with Crippen molar-refractivity contribution in [3.8, 4) is 0 Å². The summed E-state index contributed by atoms with van der Waals surface area (Å²) in [5, 5.41) is 10.6. The zero-order valence-corrected chi connectivity index (χ0v) is 15.0. The van der Waals surface area contributed by atoms with Gasteiger partial charge in [-0.2, -0.15) is 4.39 Å². The number of carbonyl (C=O) groups is 3. The first-order valence-electron chi connectivity index (χ1n) is 8.09. The van der Waals surface area contributed by atoms with Gasteiger partial charge in [-0.05, 0) is 26.8 Å². The van der Waals surface area contributed by atoms with Crippen LogP contribution in [0.4, 0.5) is 19.3 Å². The third-order valence-electron chi connectivity index (χ3n) is 3.89. The first-order chi connectivity index (χ1) is 12.4. The van der Waals surface area contributed by atoms with Gasteiger partial charge in [-0.3, -0.25) is 19.7 Å². The van der Waals surface area contributed by atoms with Crippen molar-refractivity contribution in [3.63, 3.8) is 0 Å². The molecule has 27 heavy (non-hydrogen) atoms. The molecule has 1 aliphatic heterocycles. The Morgan fingerprint density at radius 2 is 1.89 bits per heavy atom. The van der Waals surface area contributed by atoms with Gasteiger partial charge < -0.3 is 9.64 Å². The average molecular weight is 384 g/mol. The number of halogens is 2. The molecule has 1 aliphatic rings. The highest BCUT2D eigenvalue weighted by Gasteiger charge is 2.38. The number of hydrogen-bond acceptors (Lipinski definition) is 6. The van der Waals surface area contributed by atoms with Gasteiger partial charge in [0.2, 0.25) is 5.82 Å². The standard InChI is InChI=1S/C17H18F2N2O6/c1-17(2,3)27-16(24)20-5-4-14(22)10(8-20)15(23)9-6-12(19)13(21(25)26)7-11(9)18/h6-7,10H,4-5,8H2,1-3H3. The van der Waals surface area contributed by atoms with Gasteiger partial charge in [-0.1, -0.05) is 0 Å². The number of hydrogen-bond donors (Lipinski definition) is 0. The van der Waals surface area contributed by atoms with Crippen molar-refractivity contribution in [2.24, 2.45) is 5.92 Å². The van der Waals surface area contributed by atoms with Crippen molar-refractivity contribution in [2.75, 3.05) is 13.1 Å². The minimum Gasteiger partial charge on any atom is -0.444 e. The highest BCUT2D eigenvalue weighted by molar-refractivity contribution is 6.11. The zero-order chi connectivity index (χ0) is 20.5. The van der Waals surface area contributed by atoms with E-state index in [-0.39, 0.29) is 19.5 Å². The van der Waals surface area contributed by atoms with Crippen LogP contribution in [0.2, 0.25) is 0 Å². The third-order valence-corrected chi connectivity index (χ3v) is 3.89. The summed E-state index contributed by atoms with van der Waals surface area (Å²) in [7, 11) is 0. The number of ketones is 2. The van der Waals surface area contributed by atoms with E-state index in [1.54, 1.807) is 20.8 Å². The van der Waals surface area contributed by atoms with Gasteiger partial charge in [0.15, 0.2) is 5.78 Å². The fourth-order valence-corrected chi connectivity index (χ4v) is 2.61. The summed E-state index contributed by atoms with van der Waals surface area (Å²) in [5.74, 6) is -5.67. The Hall–Kier alpha value is -2.91. The molecule has 1 heterocycles. The van der Waals surface area contributed by atoms with Crippen molar-refractivity contribution in [1.29, 1.82) is 0 Å². The maximum absolute atomic E-state index is 14.1. The van der Waals surface area contributed by atoms with Crippen LogP contribution in [0, 0.1) is 27.7 Å². The number of amides is 1. The lowest BCUT2D eigenvalue weighted by Gasteiger charge is -2.32. The molecule has 10 heteroatoms. The Balaban J connectivity index is 2.27. The van der Waals surface area contributed by atoms with Crippen LogP contribution < -0.4 is 0 Å². The number of nitro benzene ring substituents is 1. The molecule has 1 saturated heterocycles. The van der Waals surface area contributed by atoms with Crippen LogP contribution in [0.3, 0.4) is 0 Å². The maximum Gasteiger partial charge on any atom is 0.410 e. The summed E-state index contributed by atoms with van der Waals surface area (Å²) in [6.45, 7) is 4.65. The van der Waals surface area contributed by atoms with Crippen molar-refractivity contribution in [1.82, 2.24) is 4.90 Å². The SMILES string of the molecule is CC(C)(C)OC(=O)N1CCC(=O)C(C(=O)c2cc(F)c([N+](=O)[O-])cc2F)C1. The Morgan fingerprint density at radius 1 is 1.26 bits per heavy atom. The molecule has 146 valence electrons. The predicted octanol–water partition coefficient (Wildman–Crippen LogP) is 2.88. The van der Waals surface area contributed by atoms with E-state index in [0.717, 1.165) is 4.90 Å². The number of benzene rings is 1. The fraction of sp³-hybridized carbons (Fsp3) is 0.471. The number of carbonyl (C=O) groups excluding carboxylic acids is 3. The number of nitro groups is 1. The maximum atomic E-state index is 14.1. The van der Waals surface area contributed by atoms with Crippen LogP contribution in [0.15, 0.2) is 12.1 Å². The second-order valence-electron chi connectivity index (χ2n) is 7.10. The van der Waals surface area contributed by atoms with Gasteiger partial charge in [-0.25, -0.2) is 9.18 Å². The van der Waals surface area contributed by atoms with E-state index >= 15 is 0 Å². The van der Waals surface area contributed by atoms with Crippen LogP contribution in [-0.4, -0.2) is 46.2 Å². The normalized spacial score (nSPS) is 17.6. The monoisotopic (exact) mass is 384 g/mol. The van der Waals surface area contributed by atoms with Crippen molar-refractivity contribution in [3.05, 3.63) is 39.4 Å². The van der Waals surface area contributed by atoms with Gasteiger partial charge in [0.25, 0.3) is 0 Å². The predicted molar refractivity (Wildman–Crippen MR) is 88.3 cm³/mol. The second-order valence-corrected chi connectivity index (χ2v) is 7.10. The molecule has 1 aromatic carbocycles. The molecule has 8 nitrogen and oxygen atoms in total. The van der Waals surface area contributed by atoms with Crippen LogP contribution >= 0.6 is 0 Å². The summed E-state index contributed by atoms with van der Waals surface area (Å²) >= 11 is 0. The minimum absolute atomic E-state index is 0.0363. The topological polar surface area (TPSA) is 107 Å². The van der Waals surface area contributed by atoms with E-state index < -0.39 is 57.0 Å². The third kappa shape index (κ3) is 4.63. The fourth-order valence-electron chi connectivity index (χ4n) is 2.61. The molecular formula is C17H18F2N2O6. The number of piperidine rings is 1. The number of rotatable bonds is 3. The quantitative estimate of drug-likeness (QED) is 0.343. The molecule has 1 atom stereocenters. The molecule has 1 aromatic rings. The van der Waals surface area contributed by atoms with Gasteiger partial charge in [0.1, 0.15) is 17.2 Å². The van der Waals surface area contributed by atoms with Crippen molar-refractivity contribution in [2.45, 2.75) is 32.8 Å². The van der Waals surface area contributed by atoms with E-state index in [1.165, 1.54) is 0 Å². The number of nitrogens with zero attached hydrogens (tertiary/aromatic N) is 2. The first kappa shape index (κ1) is 20.4. The summed E-state index contributed by atoms with van der Waals surface area (Å²) in [5.41, 5.74) is -2.68. The molecule has 0 aliphatic carbocycles. The van der Waals surface area contributed by atoms with Gasteiger partial charge in [0.05, 0.1) is 22.5 Å². The molecule has 0 N–H and O–H groups in total. The summed E-state index contributed by atoms with van der Waals surface area (Å²) in [6, 6.07) is 0.691. The highest BCUT2D eigenvalue weighted by atomic mass is 19.1. The lowest BCUT2D eigenvalue weighted by molar-refractivity contribution is -0.387. The van der Waals surface area contributed by atoms with Crippen LogP contribution in [0.25, 0.3) is 0 Å². The van der Waals surface area contributed by atoms with Crippen LogP contribution in [0.5, 0.6) is 0 Å². The Labute approximate surface area is 153 Å². The van der Waals surface area contributed by atoms with E-state index in [4.69, 9.17) is 4.74 Å². The molecule has 0 spiro atoms. The smallest absolute Gasteiger partial charge is 0.410 e. The van der Waals surface area contributed by atoms with Gasteiger partial charge >= 0.3 is 11.8 Å². The van der Waals surface area contributed by atoms with Crippen LogP contribution in [0.1, 0.15) is 37.6 Å². The summed E-state index contributed by atoms with van der Waals surface area (Å²) < 4.78 is 33.0. The molecule has 2 rings (SSSR count). The van der Waals surface area contributed by atoms with E-state index in [2.05, 4.69) is 0 Å². The Morgan fingerprint density at radius 3 is 2.44 bits per heavy atom. The Bertz CT molecular complexity index is 818. The summed E-state index contributed by atoms with van der Waals surface area (Å²) in [4.78, 5) is 47.5. The molecular weight excluding hydrogens is 366 g/mol. The molecule has 1 fully saturated rings. The second kappa shape index (κ2) is 7.37. The molecule has 0 bridgehead atoms. The Kier molecular flexibility index (Phi) is 5.57. The molecule has 0 radical (unpaired) electrons. The van der Waals surface area contributed by atoms with Gasteiger partial charge in [0, 0.05) is 19.5 Å². The molecule has 1 amide bonds. The molecule has 0 saturated carbocycles. The minimum atomic E-state index is -1.40. The van der Waals surface area contributed by atoms with Crippen molar-refractivity contribution < 1.29 is 32.8 Å². The number of likely N-dealkylation sites (tertiary alicyclic amines) is 1. The number of ether oxygens (including phenoxy) is 1.